The molecule has 0 aromatic heterocycles. The van der Waals surface area contributed by atoms with Gasteiger partial charge in [0.15, 0.2) is 5.96 Å². The molecule has 1 aliphatic heterocycles. The maximum Gasteiger partial charge on any atom is 0.370 e. The molecule has 0 spiro atoms. The van der Waals surface area contributed by atoms with E-state index in [9.17, 15) is 19.8 Å². The first-order valence-corrected chi connectivity index (χ1v) is 6.62. The fourth-order valence-corrected chi connectivity index (χ4v) is 2.14. The van der Waals surface area contributed by atoms with Gasteiger partial charge in [-0.05, 0) is 6.08 Å². The summed E-state index contributed by atoms with van der Waals surface area (Å²) in [6.45, 7) is 0.391. The lowest BCUT2D eigenvalue weighted by atomic mass is 9.92. The Morgan fingerprint density at radius 1 is 1.43 bits per heavy atom. The Balaban J connectivity index is 3.28. The van der Waals surface area contributed by atoms with E-state index < -0.39 is 54.6 Å². The number of carboxylic acid groups (broad SMARTS) is 1. The molecule has 130 valence electrons. The first-order valence-electron chi connectivity index (χ1n) is 6.62. The molecular formula is C12H20N4O7. The van der Waals surface area contributed by atoms with Crippen LogP contribution >= 0.6 is 0 Å². The highest BCUT2D eigenvalue weighted by Crippen LogP contribution is 2.24. The molecule has 0 fully saturated rings. The second-order valence-electron chi connectivity index (χ2n) is 4.93. The first-order chi connectivity index (χ1) is 10.7. The van der Waals surface area contributed by atoms with Crippen LogP contribution in [0.15, 0.2) is 16.8 Å². The molecule has 0 saturated heterocycles. The smallest absolute Gasteiger partial charge is 0.370 e. The van der Waals surface area contributed by atoms with Gasteiger partial charge in [0.1, 0.15) is 18.3 Å². The lowest BCUT2D eigenvalue weighted by Gasteiger charge is -2.38. The highest BCUT2D eigenvalue weighted by molar-refractivity contribution is 5.85. The van der Waals surface area contributed by atoms with Crippen molar-refractivity contribution in [2.75, 3.05) is 6.61 Å². The van der Waals surface area contributed by atoms with Crippen molar-refractivity contribution in [3.8, 4) is 0 Å². The second kappa shape index (κ2) is 7.76. The third-order valence-electron chi connectivity index (χ3n) is 3.10. The molecule has 4 unspecified atom stereocenters. The molecule has 9 N–H and O–H groups in total. The van der Waals surface area contributed by atoms with Gasteiger partial charge in [0.2, 0.25) is 11.7 Å². The third kappa shape index (κ3) is 4.81. The Bertz CT molecular complexity index is 518. The molecule has 1 rings (SSSR count). The number of aliphatic hydroxyl groups is 3. The number of nitrogens with one attached hydrogen (secondary N) is 1. The maximum atomic E-state index is 11.4. The number of ether oxygens (including phenoxy) is 1. The van der Waals surface area contributed by atoms with Crippen LogP contribution in [-0.4, -0.2) is 75.3 Å². The molecule has 0 aromatic carbocycles. The van der Waals surface area contributed by atoms with E-state index in [0.29, 0.717) is 0 Å². The fourth-order valence-electron chi connectivity index (χ4n) is 2.14. The number of hydrogen-bond acceptors (Lipinski definition) is 7. The van der Waals surface area contributed by atoms with Gasteiger partial charge in [-0.15, -0.1) is 0 Å². The van der Waals surface area contributed by atoms with E-state index in [2.05, 4.69) is 10.3 Å². The number of rotatable bonds is 6. The number of aliphatic carboxylic acids is 1. The van der Waals surface area contributed by atoms with Crippen molar-refractivity contribution in [1.29, 1.82) is 0 Å². The van der Waals surface area contributed by atoms with E-state index >= 15 is 0 Å². The van der Waals surface area contributed by atoms with Gasteiger partial charge in [-0.1, -0.05) is 0 Å². The van der Waals surface area contributed by atoms with Crippen LogP contribution < -0.4 is 16.8 Å². The summed E-state index contributed by atoms with van der Waals surface area (Å²) < 4.78 is 5.13. The molecule has 1 heterocycles. The van der Waals surface area contributed by atoms with E-state index in [0.717, 1.165) is 6.08 Å². The summed E-state index contributed by atoms with van der Waals surface area (Å²) in [4.78, 5) is 26.3. The predicted molar refractivity (Wildman–Crippen MR) is 76.9 cm³/mol. The number of carbonyl (C=O) groups excluding carboxylic acids is 1. The number of carboxylic acids is 1. The van der Waals surface area contributed by atoms with Crippen LogP contribution in [0.2, 0.25) is 0 Å². The normalized spacial score (nSPS) is 26.3. The molecule has 5 atom stereocenters. The molecule has 1 amide bonds. The monoisotopic (exact) mass is 332 g/mol. The Morgan fingerprint density at radius 2 is 2.04 bits per heavy atom. The third-order valence-corrected chi connectivity index (χ3v) is 3.10. The van der Waals surface area contributed by atoms with Crippen molar-refractivity contribution in [2.24, 2.45) is 16.5 Å². The van der Waals surface area contributed by atoms with Crippen LogP contribution in [0.4, 0.5) is 0 Å². The number of nitrogens with zero attached hydrogens (tertiary/aromatic N) is 1. The Hall–Kier alpha value is -2.37. The van der Waals surface area contributed by atoms with Crippen molar-refractivity contribution in [2.45, 2.75) is 37.3 Å². The van der Waals surface area contributed by atoms with Gasteiger partial charge in [-0.25, -0.2) is 9.79 Å². The number of carbonyl (C=O) groups is 2. The molecule has 11 heteroatoms. The zero-order chi connectivity index (χ0) is 17.7. The molecule has 0 saturated carbocycles. The van der Waals surface area contributed by atoms with Gasteiger partial charge >= 0.3 is 5.97 Å². The van der Waals surface area contributed by atoms with Gasteiger partial charge in [0, 0.05) is 6.92 Å². The zero-order valence-corrected chi connectivity index (χ0v) is 12.3. The average Bonchev–Trinajstić information content (AvgIpc) is 2.45. The van der Waals surface area contributed by atoms with E-state index in [1.165, 1.54) is 6.92 Å². The van der Waals surface area contributed by atoms with Crippen LogP contribution in [0.3, 0.4) is 0 Å². The summed E-state index contributed by atoms with van der Waals surface area (Å²) in [5, 5.41) is 40.1. The van der Waals surface area contributed by atoms with Gasteiger partial charge < -0.3 is 41.9 Å². The van der Waals surface area contributed by atoms with Crippen molar-refractivity contribution in [3.63, 3.8) is 0 Å². The standard InChI is InChI=1S/C12H20N4O7/c1-4(18)15-8-5(16-12(13)14)2-7(11(21)22)23-10(8)9(20)6(19)3-17/h2,5-6,8-10,17,19-20H,3H2,1H3,(H,15,18)(H,21,22)(H4,13,14,16)/t5?,6-,8?,9?,10?/m1/s1. The highest BCUT2D eigenvalue weighted by atomic mass is 16.5. The van der Waals surface area contributed by atoms with E-state index in [-0.39, 0.29) is 5.96 Å². The maximum absolute atomic E-state index is 11.4. The SMILES string of the molecule is CC(=O)NC1C(N=C(N)N)C=C(C(=O)O)OC1C(O)[C@H](O)CO. The zero-order valence-electron chi connectivity index (χ0n) is 12.3. The van der Waals surface area contributed by atoms with Crippen molar-refractivity contribution in [3.05, 3.63) is 11.8 Å². The molecule has 23 heavy (non-hydrogen) atoms. The molecule has 11 nitrogen and oxygen atoms in total. The average molecular weight is 332 g/mol. The summed E-state index contributed by atoms with van der Waals surface area (Å²) in [7, 11) is 0. The Morgan fingerprint density at radius 3 is 2.48 bits per heavy atom. The fraction of sp³-hybridized carbons (Fsp3) is 0.583. The molecule has 0 aromatic rings. The van der Waals surface area contributed by atoms with E-state index in [1.807, 2.05) is 0 Å². The van der Waals surface area contributed by atoms with Crippen LogP contribution in [0.25, 0.3) is 0 Å². The van der Waals surface area contributed by atoms with Gasteiger partial charge in [0.05, 0.1) is 18.7 Å². The van der Waals surface area contributed by atoms with Crippen LogP contribution in [0, 0.1) is 0 Å². The summed E-state index contributed by atoms with van der Waals surface area (Å²) >= 11 is 0. The minimum Gasteiger partial charge on any atom is -0.478 e. The summed E-state index contributed by atoms with van der Waals surface area (Å²) in [6.07, 6.45) is -3.65. The van der Waals surface area contributed by atoms with Gasteiger partial charge in [-0.2, -0.15) is 0 Å². The number of hydrogen-bond donors (Lipinski definition) is 7. The minimum absolute atomic E-state index is 0.371. The van der Waals surface area contributed by atoms with Gasteiger partial charge in [0.25, 0.3) is 0 Å². The van der Waals surface area contributed by atoms with Crippen molar-refractivity contribution in [1.82, 2.24) is 5.32 Å². The highest BCUT2D eigenvalue weighted by Gasteiger charge is 2.43. The summed E-state index contributed by atoms with van der Waals surface area (Å²) in [6, 6.07) is -2.11. The summed E-state index contributed by atoms with van der Waals surface area (Å²) in [5.74, 6) is -2.89. The minimum atomic E-state index is -1.70. The topological polar surface area (TPSA) is 201 Å². The van der Waals surface area contributed by atoms with Crippen molar-refractivity contribution >= 4 is 17.8 Å². The van der Waals surface area contributed by atoms with Crippen LogP contribution in [0.5, 0.6) is 0 Å². The van der Waals surface area contributed by atoms with Gasteiger partial charge in [-0.3, -0.25) is 4.79 Å². The molecular weight excluding hydrogens is 312 g/mol. The van der Waals surface area contributed by atoms with E-state index in [4.69, 9.17) is 26.4 Å². The lowest BCUT2D eigenvalue weighted by molar-refractivity contribution is -0.145. The van der Waals surface area contributed by atoms with E-state index in [1.54, 1.807) is 0 Å². The summed E-state index contributed by atoms with van der Waals surface area (Å²) in [5.41, 5.74) is 10.6. The quantitative estimate of drug-likeness (QED) is 0.188. The largest absolute Gasteiger partial charge is 0.478 e. The molecule has 0 bridgehead atoms. The number of guanidine groups is 1. The number of aliphatic hydroxyl groups excluding tert-OH is 3. The lowest BCUT2D eigenvalue weighted by Crippen LogP contribution is -2.59. The van der Waals surface area contributed by atoms with Crippen LogP contribution in [0.1, 0.15) is 6.92 Å². The van der Waals surface area contributed by atoms with Crippen LogP contribution in [-0.2, 0) is 14.3 Å². The van der Waals surface area contributed by atoms with Crippen molar-refractivity contribution < 1.29 is 34.8 Å². The Labute approximate surface area is 131 Å². The molecule has 0 aliphatic carbocycles. The number of amides is 1. The first kappa shape index (κ1) is 18.7. The molecule has 0 radical (unpaired) electrons. The number of aliphatic imine (C=N–C) groups is 1. The predicted octanol–water partition coefficient (Wildman–Crippen LogP) is -3.79. The molecule has 1 aliphatic rings. The number of nitrogens with two attached hydrogens (primary N) is 2. The Kier molecular flexibility index (Phi) is 6.30. The second-order valence-corrected chi connectivity index (χ2v) is 4.93.